The van der Waals surface area contributed by atoms with Crippen molar-refractivity contribution >= 4 is 11.6 Å². The molecule has 3 rings (SSSR count). The molecule has 110 valence electrons. The van der Waals surface area contributed by atoms with Gasteiger partial charge in [-0.2, -0.15) is 0 Å². The number of hydrogen-bond acceptors (Lipinski definition) is 2. The fourth-order valence-corrected chi connectivity index (χ4v) is 2.62. The monoisotopic (exact) mass is 305 g/mol. The van der Waals surface area contributed by atoms with Crippen molar-refractivity contribution in [2.75, 3.05) is 7.11 Å². The molecule has 1 aliphatic carbocycles. The van der Waals surface area contributed by atoms with Gasteiger partial charge in [0.2, 0.25) is 0 Å². The second-order valence-electron chi connectivity index (χ2n) is 5.30. The quantitative estimate of drug-likeness (QED) is 0.883. The van der Waals surface area contributed by atoms with Crippen LogP contribution in [-0.4, -0.2) is 13.2 Å². The van der Waals surface area contributed by atoms with Crippen molar-refractivity contribution in [3.05, 3.63) is 52.8 Å². The number of methoxy groups -OCH3 is 1. The standard InChI is InChI=1S/C17H17ClFNO/c1-21-14-5-7-15(11(8-14)10-20-13-3-4-13)16-6-2-12(19)9-17(16)18/h2,5-9,13,20H,3-4,10H2,1H3. The van der Waals surface area contributed by atoms with Crippen molar-refractivity contribution in [2.45, 2.75) is 25.4 Å². The largest absolute Gasteiger partial charge is 0.497 e. The van der Waals surface area contributed by atoms with E-state index >= 15 is 0 Å². The Kier molecular flexibility index (Phi) is 4.13. The summed E-state index contributed by atoms with van der Waals surface area (Å²) in [7, 11) is 1.65. The van der Waals surface area contributed by atoms with E-state index in [0.29, 0.717) is 11.1 Å². The first-order valence-electron chi connectivity index (χ1n) is 7.03. The fraction of sp³-hybridized carbons (Fsp3) is 0.294. The van der Waals surface area contributed by atoms with E-state index in [4.69, 9.17) is 16.3 Å². The molecule has 21 heavy (non-hydrogen) atoms. The van der Waals surface area contributed by atoms with Crippen LogP contribution in [0, 0.1) is 5.82 Å². The number of ether oxygens (including phenoxy) is 1. The van der Waals surface area contributed by atoms with Gasteiger partial charge in [0, 0.05) is 18.2 Å². The van der Waals surface area contributed by atoms with Gasteiger partial charge >= 0.3 is 0 Å². The third kappa shape index (κ3) is 3.36. The van der Waals surface area contributed by atoms with E-state index in [1.165, 1.54) is 25.0 Å². The van der Waals surface area contributed by atoms with Gasteiger partial charge in [-0.1, -0.05) is 17.7 Å². The maximum absolute atomic E-state index is 13.2. The van der Waals surface area contributed by atoms with Gasteiger partial charge < -0.3 is 10.1 Å². The summed E-state index contributed by atoms with van der Waals surface area (Å²) >= 11 is 6.19. The lowest BCUT2D eigenvalue weighted by Gasteiger charge is -2.14. The molecule has 0 heterocycles. The summed E-state index contributed by atoms with van der Waals surface area (Å²) in [6.45, 7) is 0.755. The minimum Gasteiger partial charge on any atom is -0.497 e. The predicted molar refractivity (Wildman–Crippen MR) is 83.3 cm³/mol. The molecule has 0 spiro atoms. The molecule has 4 heteroatoms. The molecule has 1 saturated carbocycles. The van der Waals surface area contributed by atoms with Gasteiger partial charge in [-0.3, -0.25) is 0 Å². The molecule has 2 nitrogen and oxygen atoms in total. The van der Waals surface area contributed by atoms with Gasteiger partial charge in [-0.05, 0) is 54.3 Å². The van der Waals surface area contributed by atoms with E-state index in [2.05, 4.69) is 5.32 Å². The first-order chi connectivity index (χ1) is 10.2. The first kappa shape index (κ1) is 14.4. The average Bonchev–Trinajstić information content (AvgIpc) is 3.29. The van der Waals surface area contributed by atoms with Crippen molar-refractivity contribution in [2.24, 2.45) is 0 Å². The molecule has 0 aliphatic heterocycles. The average molecular weight is 306 g/mol. The topological polar surface area (TPSA) is 21.3 Å². The Hall–Kier alpha value is -1.58. The summed E-state index contributed by atoms with van der Waals surface area (Å²) in [4.78, 5) is 0. The minimum absolute atomic E-state index is 0.324. The second-order valence-corrected chi connectivity index (χ2v) is 5.71. The maximum atomic E-state index is 13.2. The van der Waals surface area contributed by atoms with Crippen LogP contribution in [0.4, 0.5) is 4.39 Å². The van der Waals surface area contributed by atoms with Crippen LogP contribution in [-0.2, 0) is 6.54 Å². The minimum atomic E-state index is -0.324. The number of halogens is 2. The van der Waals surface area contributed by atoms with Gasteiger partial charge in [-0.25, -0.2) is 4.39 Å². The number of benzene rings is 2. The van der Waals surface area contributed by atoms with Crippen LogP contribution >= 0.6 is 11.6 Å². The van der Waals surface area contributed by atoms with Gasteiger partial charge in [0.15, 0.2) is 0 Å². The molecule has 0 saturated heterocycles. The molecule has 0 bridgehead atoms. The van der Waals surface area contributed by atoms with Crippen molar-refractivity contribution in [3.63, 3.8) is 0 Å². The van der Waals surface area contributed by atoms with E-state index in [1.807, 2.05) is 18.2 Å². The second kappa shape index (κ2) is 6.04. The predicted octanol–water partition coefficient (Wildman–Crippen LogP) is 4.41. The Morgan fingerprint density at radius 2 is 1.95 bits per heavy atom. The molecule has 0 atom stereocenters. The fourth-order valence-electron chi connectivity index (χ4n) is 2.36. The van der Waals surface area contributed by atoms with Crippen LogP contribution in [0.3, 0.4) is 0 Å². The summed E-state index contributed by atoms with van der Waals surface area (Å²) in [6.07, 6.45) is 2.47. The lowest BCUT2D eigenvalue weighted by Crippen LogP contribution is -2.16. The van der Waals surface area contributed by atoms with Crippen molar-refractivity contribution in [1.29, 1.82) is 0 Å². The highest BCUT2D eigenvalue weighted by molar-refractivity contribution is 6.33. The number of rotatable bonds is 5. The third-order valence-electron chi connectivity index (χ3n) is 3.69. The summed E-state index contributed by atoms with van der Waals surface area (Å²) in [6, 6.07) is 11.0. The SMILES string of the molecule is COc1ccc(-c2ccc(F)cc2Cl)c(CNC2CC2)c1. The highest BCUT2D eigenvalue weighted by Crippen LogP contribution is 2.33. The van der Waals surface area contributed by atoms with Crippen molar-refractivity contribution in [1.82, 2.24) is 5.32 Å². The number of hydrogen-bond donors (Lipinski definition) is 1. The Morgan fingerprint density at radius 1 is 1.19 bits per heavy atom. The van der Waals surface area contributed by atoms with E-state index in [0.717, 1.165) is 29.0 Å². The lowest BCUT2D eigenvalue weighted by molar-refractivity contribution is 0.414. The lowest BCUT2D eigenvalue weighted by atomic mass is 9.99. The molecular weight excluding hydrogens is 289 g/mol. The third-order valence-corrected chi connectivity index (χ3v) is 4.00. The Balaban J connectivity index is 1.98. The Bertz CT molecular complexity index is 655. The Morgan fingerprint density at radius 3 is 2.62 bits per heavy atom. The van der Waals surface area contributed by atoms with Crippen LogP contribution in [0.25, 0.3) is 11.1 Å². The van der Waals surface area contributed by atoms with Gasteiger partial charge in [-0.15, -0.1) is 0 Å². The van der Waals surface area contributed by atoms with Crippen LogP contribution in [0.5, 0.6) is 5.75 Å². The smallest absolute Gasteiger partial charge is 0.124 e. The molecule has 0 aromatic heterocycles. The summed E-state index contributed by atoms with van der Waals surface area (Å²) in [5.41, 5.74) is 2.96. The van der Waals surface area contributed by atoms with Gasteiger partial charge in [0.05, 0.1) is 12.1 Å². The van der Waals surface area contributed by atoms with Crippen molar-refractivity contribution in [3.8, 4) is 16.9 Å². The van der Waals surface area contributed by atoms with Crippen molar-refractivity contribution < 1.29 is 9.13 Å². The number of nitrogens with one attached hydrogen (secondary N) is 1. The molecule has 1 fully saturated rings. The van der Waals surface area contributed by atoms with E-state index in [-0.39, 0.29) is 5.82 Å². The molecule has 0 radical (unpaired) electrons. The zero-order valence-electron chi connectivity index (χ0n) is 11.8. The molecule has 0 amide bonds. The zero-order chi connectivity index (χ0) is 14.8. The van der Waals surface area contributed by atoms with Crippen LogP contribution in [0.15, 0.2) is 36.4 Å². The van der Waals surface area contributed by atoms with E-state index in [9.17, 15) is 4.39 Å². The van der Waals surface area contributed by atoms with Gasteiger partial charge in [0.25, 0.3) is 0 Å². The molecular formula is C17H17ClFNO. The summed E-state index contributed by atoms with van der Waals surface area (Å²) < 4.78 is 18.5. The molecule has 2 aromatic carbocycles. The molecule has 1 aliphatic rings. The summed E-state index contributed by atoms with van der Waals surface area (Å²) in [5.74, 6) is 0.486. The van der Waals surface area contributed by atoms with Gasteiger partial charge in [0.1, 0.15) is 11.6 Å². The van der Waals surface area contributed by atoms with Crippen LogP contribution < -0.4 is 10.1 Å². The summed E-state index contributed by atoms with van der Waals surface area (Å²) in [5, 5.41) is 3.92. The zero-order valence-corrected chi connectivity index (χ0v) is 12.6. The van der Waals surface area contributed by atoms with Crippen LogP contribution in [0.2, 0.25) is 5.02 Å². The first-order valence-corrected chi connectivity index (χ1v) is 7.41. The van der Waals surface area contributed by atoms with Crippen LogP contribution in [0.1, 0.15) is 18.4 Å². The highest BCUT2D eigenvalue weighted by atomic mass is 35.5. The normalized spacial score (nSPS) is 14.2. The van der Waals surface area contributed by atoms with E-state index < -0.39 is 0 Å². The molecule has 2 aromatic rings. The molecule has 1 N–H and O–H groups in total. The highest BCUT2D eigenvalue weighted by Gasteiger charge is 2.21. The molecule has 0 unspecified atom stereocenters. The van der Waals surface area contributed by atoms with E-state index in [1.54, 1.807) is 13.2 Å². The Labute approximate surface area is 128 Å². The maximum Gasteiger partial charge on any atom is 0.124 e.